The summed E-state index contributed by atoms with van der Waals surface area (Å²) >= 11 is 0. The van der Waals surface area contributed by atoms with Crippen molar-refractivity contribution in [3.8, 4) is 0 Å². The molecule has 0 radical (unpaired) electrons. The van der Waals surface area contributed by atoms with Gasteiger partial charge in [0.15, 0.2) is 0 Å². The molecule has 0 aromatic heterocycles. The molecule has 4 N–H and O–H groups in total. The first-order valence-electron chi connectivity index (χ1n) is 4.85. The Morgan fingerprint density at radius 2 is 1.93 bits per heavy atom. The molecule has 7 heteroatoms. The van der Waals surface area contributed by atoms with Crippen LogP contribution in [0, 0.1) is 10.8 Å². The molecule has 1 aliphatic rings. The van der Waals surface area contributed by atoms with E-state index in [9.17, 15) is 8.42 Å². The minimum atomic E-state index is -3.33. The van der Waals surface area contributed by atoms with E-state index in [1.54, 1.807) is 0 Å². The number of rotatable bonds is 3. The quantitative estimate of drug-likeness (QED) is 0.453. The van der Waals surface area contributed by atoms with Gasteiger partial charge in [-0.05, 0) is 12.8 Å². The van der Waals surface area contributed by atoms with Crippen LogP contribution in [0.1, 0.15) is 19.8 Å². The fraction of sp³-hybridized carbons (Fsp3) is 0.875. The summed E-state index contributed by atoms with van der Waals surface area (Å²) in [5.41, 5.74) is 5.14. The van der Waals surface area contributed by atoms with Gasteiger partial charge in [-0.25, -0.2) is 4.72 Å². The highest BCUT2D eigenvalue weighted by Crippen LogP contribution is 2.31. The normalized spacial score (nSPS) is 22.5. The lowest BCUT2D eigenvalue weighted by Crippen LogP contribution is -2.49. The molecule has 0 aliphatic carbocycles. The van der Waals surface area contributed by atoms with E-state index in [1.807, 2.05) is 6.92 Å². The monoisotopic (exact) mass is 234 g/mol. The van der Waals surface area contributed by atoms with Crippen molar-refractivity contribution in [1.29, 1.82) is 5.41 Å². The van der Waals surface area contributed by atoms with Crippen molar-refractivity contribution in [3.05, 3.63) is 0 Å². The van der Waals surface area contributed by atoms with Gasteiger partial charge in [0, 0.05) is 25.6 Å². The Balaban J connectivity index is 2.68. The molecule has 0 aromatic rings. The van der Waals surface area contributed by atoms with Crippen molar-refractivity contribution in [2.24, 2.45) is 11.1 Å². The summed E-state index contributed by atoms with van der Waals surface area (Å²) in [6.07, 6.45) is 1.20. The first-order chi connectivity index (χ1) is 6.82. The number of amidine groups is 1. The molecule has 1 aliphatic heterocycles. The van der Waals surface area contributed by atoms with E-state index in [0.717, 1.165) is 0 Å². The van der Waals surface area contributed by atoms with Crippen LogP contribution >= 0.6 is 0 Å². The van der Waals surface area contributed by atoms with Crippen molar-refractivity contribution in [3.63, 3.8) is 0 Å². The van der Waals surface area contributed by atoms with Crippen molar-refractivity contribution in [2.45, 2.75) is 19.8 Å². The summed E-state index contributed by atoms with van der Waals surface area (Å²) in [6, 6.07) is 0. The van der Waals surface area contributed by atoms with Crippen LogP contribution in [0.4, 0.5) is 0 Å². The standard InChI is InChI=1S/C8H18N4O2S/c1-8(7(9)10)3-5-12(6-4-8)15(13,14)11-2/h11H,3-6H2,1-2H3,(H3,9,10). The molecule has 1 fully saturated rings. The maximum atomic E-state index is 11.5. The molecule has 1 heterocycles. The number of piperidine rings is 1. The summed E-state index contributed by atoms with van der Waals surface area (Å²) in [5.74, 6) is 0.143. The van der Waals surface area contributed by atoms with E-state index in [4.69, 9.17) is 11.1 Å². The maximum Gasteiger partial charge on any atom is 0.279 e. The first kappa shape index (κ1) is 12.4. The first-order valence-corrected chi connectivity index (χ1v) is 6.29. The van der Waals surface area contributed by atoms with Crippen LogP contribution < -0.4 is 10.5 Å². The third-order valence-electron chi connectivity index (χ3n) is 3.07. The lowest BCUT2D eigenvalue weighted by molar-refractivity contribution is 0.239. The highest BCUT2D eigenvalue weighted by Gasteiger charge is 2.36. The van der Waals surface area contributed by atoms with Gasteiger partial charge in [-0.15, -0.1) is 0 Å². The summed E-state index contributed by atoms with van der Waals surface area (Å²) in [6.45, 7) is 2.73. The van der Waals surface area contributed by atoms with Crippen LogP contribution in [0.25, 0.3) is 0 Å². The lowest BCUT2D eigenvalue weighted by Gasteiger charge is -2.37. The predicted molar refractivity (Wildman–Crippen MR) is 58.8 cm³/mol. The van der Waals surface area contributed by atoms with E-state index < -0.39 is 10.2 Å². The van der Waals surface area contributed by atoms with Crippen LogP contribution in [0.15, 0.2) is 0 Å². The molecule has 15 heavy (non-hydrogen) atoms. The summed E-state index contributed by atoms with van der Waals surface area (Å²) in [7, 11) is -1.93. The topological polar surface area (TPSA) is 99.3 Å². The minimum Gasteiger partial charge on any atom is -0.387 e. The second kappa shape index (κ2) is 4.07. The van der Waals surface area contributed by atoms with Gasteiger partial charge in [0.1, 0.15) is 0 Å². The Morgan fingerprint density at radius 1 is 1.47 bits per heavy atom. The van der Waals surface area contributed by atoms with Gasteiger partial charge in [-0.1, -0.05) is 6.92 Å². The molecule has 0 spiro atoms. The zero-order chi connectivity index (χ0) is 11.7. The SMILES string of the molecule is CNS(=O)(=O)N1CCC(C)(C(=N)N)CC1. The van der Waals surface area contributed by atoms with Gasteiger partial charge in [-0.3, -0.25) is 5.41 Å². The third kappa shape index (κ3) is 2.47. The van der Waals surface area contributed by atoms with Crippen LogP contribution in [0.3, 0.4) is 0 Å². The number of nitrogens with two attached hydrogens (primary N) is 1. The van der Waals surface area contributed by atoms with Crippen LogP contribution in [-0.2, 0) is 10.2 Å². The minimum absolute atomic E-state index is 0.143. The van der Waals surface area contributed by atoms with Gasteiger partial charge >= 0.3 is 0 Å². The zero-order valence-corrected chi connectivity index (χ0v) is 9.89. The van der Waals surface area contributed by atoms with E-state index in [-0.39, 0.29) is 11.3 Å². The van der Waals surface area contributed by atoms with Gasteiger partial charge in [0.25, 0.3) is 10.2 Å². The maximum absolute atomic E-state index is 11.5. The third-order valence-corrected chi connectivity index (χ3v) is 4.63. The van der Waals surface area contributed by atoms with E-state index >= 15 is 0 Å². The van der Waals surface area contributed by atoms with Crippen LogP contribution in [0.2, 0.25) is 0 Å². The largest absolute Gasteiger partial charge is 0.387 e. The van der Waals surface area contributed by atoms with E-state index in [0.29, 0.717) is 25.9 Å². The smallest absolute Gasteiger partial charge is 0.279 e. The van der Waals surface area contributed by atoms with Crippen LogP contribution in [0.5, 0.6) is 0 Å². The Hall–Kier alpha value is -0.660. The summed E-state index contributed by atoms with van der Waals surface area (Å²) in [5, 5.41) is 7.45. The summed E-state index contributed by atoms with van der Waals surface area (Å²) in [4.78, 5) is 0. The average Bonchev–Trinajstić information content (AvgIpc) is 2.18. The van der Waals surface area contributed by atoms with Crippen molar-refractivity contribution in [1.82, 2.24) is 9.03 Å². The van der Waals surface area contributed by atoms with Crippen molar-refractivity contribution in [2.75, 3.05) is 20.1 Å². The average molecular weight is 234 g/mol. The number of hydrogen-bond acceptors (Lipinski definition) is 3. The molecule has 0 aromatic carbocycles. The molecule has 6 nitrogen and oxygen atoms in total. The number of hydrogen-bond donors (Lipinski definition) is 3. The van der Waals surface area contributed by atoms with Gasteiger partial charge < -0.3 is 5.73 Å². The van der Waals surface area contributed by atoms with Gasteiger partial charge in [-0.2, -0.15) is 12.7 Å². The highest BCUT2D eigenvalue weighted by molar-refractivity contribution is 7.87. The van der Waals surface area contributed by atoms with Gasteiger partial charge in [0.05, 0.1) is 5.84 Å². The molecular weight excluding hydrogens is 216 g/mol. The van der Waals surface area contributed by atoms with E-state index in [1.165, 1.54) is 11.4 Å². The second-order valence-electron chi connectivity index (χ2n) is 4.08. The van der Waals surface area contributed by atoms with Crippen molar-refractivity contribution < 1.29 is 8.42 Å². The fourth-order valence-corrected chi connectivity index (χ4v) is 2.54. The Morgan fingerprint density at radius 3 is 2.27 bits per heavy atom. The predicted octanol–water partition coefficient (Wildman–Crippen LogP) is -0.511. The highest BCUT2D eigenvalue weighted by atomic mass is 32.2. The molecule has 0 saturated carbocycles. The Kier molecular flexibility index (Phi) is 3.37. The fourth-order valence-electron chi connectivity index (χ4n) is 1.62. The molecule has 0 unspecified atom stereocenters. The molecule has 0 atom stereocenters. The summed E-state index contributed by atoms with van der Waals surface area (Å²) < 4.78 is 26.6. The lowest BCUT2D eigenvalue weighted by atomic mass is 9.80. The molecule has 0 bridgehead atoms. The number of nitrogens with zero attached hydrogens (tertiary/aromatic N) is 1. The van der Waals surface area contributed by atoms with Crippen LogP contribution in [-0.4, -0.2) is 38.7 Å². The van der Waals surface area contributed by atoms with Crippen molar-refractivity contribution >= 4 is 16.0 Å². The van der Waals surface area contributed by atoms with E-state index in [2.05, 4.69) is 4.72 Å². The van der Waals surface area contributed by atoms with Gasteiger partial charge in [0.2, 0.25) is 0 Å². The molecule has 1 rings (SSSR count). The Bertz CT molecular complexity index is 344. The zero-order valence-electron chi connectivity index (χ0n) is 9.08. The number of nitrogens with one attached hydrogen (secondary N) is 2. The molecule has 88 valence electrons. The molecule has 0 amide bonds. The molecule has 1 saturated heterocycles. The second-order valence-corrected chi connectivity index (χ2v) is 5.96. The Labute approximate surface area is 90.5 Å². The molecular formula is C8H18N4O2S.